The summed E-state index contributed by atoms with van der Waals surface area (Å²) in [5.41, 5.74) is -0.976. The van der Waals surface area contributed by atoms with Crippen molar-refractivity contribution in [1.82, 2.24) is 9.55 Å². The SMILES string of the molecule is C=CC(F)(F)c1cc(C#N)ccc1C1(C(=O)OC)CCc2cncn21. The van der Waals surface area contributed by atoms with Gasteiger partial charge in [-0.25, -0.2) is 9.78 Å². The summed E-state index contributed by atoms with van der Waals surface area (Å²) in [5.74, 6) is -4.07. The highest BCUT2D eigenvalue weighted by Crippen LogP contribution is 2.45. The number of esters is 1. The van der Waals surface area contributed by atoms with Crippen molar-refractivity contribution in [3.05, 3.63) is 65.8 Å². The second kappa shape index (κ2) is 5.81. The zero-order valence-corrected chi connectivity index (χ0v) is 13.5. The summed E-state index contributed by atoms with van der Waals surface area (Å²) in [6.45, 7) is 3.19. The Hall–Kier alpha value is -3.01. The van der Waals surface area contributed by atoms with Crippen molar-refractivity contribution in [2.75, 3.05) is 7.11 Å². The number of ether oxygens (including phenoxy) is 1. The molecule has 0 bridgehead atoms. The zero-order valence-electron chi connectivity index (χ0n) is 13.5. The Morgan fingerprint density at radius 3 is 2.96 bits per heavy atom. The largest absolute Gasteiger partial charge is 0.467 e. The maximum absolute atomic E-state index is 14.6. The molecule has 0 aliphatic carbocycles. The number of nitriles is 1. The van der Waals surface area contributed by atoms with Crippen LogP contribution in [0.1, 0.15) is 28.8 Å². The van der Waals surface area contributed by atoms with E-state index in [2.05, 4.69) is 11.6 Å². The van der Waals surface area contributed by atoms with Gasteiger partial charge >= 0.3 is 5.97 Å². The van der Waals surface area contributed by atoms with Crippen molar-refractivity contribution in [2.24, 2.45) is 0 Å². The number of carbonyl (C=O) groups is 1. The number of rotatable bonds is 4. The lowest BCUT2D eigenvalue weighted by Gasteiger charge is -2.32. The number of fused-ring (bicyclic) bond motifs is 1. The zero-order chi connectivity index (χ0) is 18.2. The molecule has 0 saturated heterocycles. The van der Waals surface area contributed by atoms with E-state index in [9.17, 15) is 13.6 Å². The van der Waals surface area contributed by atoms with E-state index < -0.39 is 23.0 Å². The first-order chi connectivity index (χ1) is 11.9. The summed E-state index contributed by atoms with van der Waals surface area (Å²) < 4.78 is 35.6. The summed E-state index contributed by atoms with van der Waals surface area (Å²) >= 11 is 0. The molecule has 1 aliphatic heterocycles. The second-order valence-electron chi connectivity index (χ2n) is 5.81. The molecule has 25 heavy (non-hydrogen) atoms. The summed E-state index contributed by atoms with van der Waals surface area (Å²) in [7, 11) is 1.22. The molecule has 0 amide bonds. The molecule has 1 unspecified atom stereocenters. The highest BCUT2D eigenvalue weighted by Gasteiger charge is 2.51. The van der Waals surface area contributed by atoms with E-state index in [1.54, 1.807) is 10.8 Å². The van der Waals surface area contributed by atoms with Crippen LogP contribution >= 0.6 is 0 Å². The van der Waals surface area contributed by atoms with Gasteiger partial charge < -0.3 is 9.30 Å². The van der Waals surface area contributed by atoms with Crippen molar-refractivity contribution >= 4 is 5.97 Å². The van der Waals surface area contributed by atoms with Gasteiger partial charge in [0.1, 0.15) is 0 Å². The Balaban J connectivity index is 2.35. The molecule has 5 nitrogen and oxygen atoms in total. The first kappa shape index (κ1) is 16.8. The molecule has 0 radical (unpaired) electrons. The highest BCUT2D eigenvalue weighted by atomic mass is 19.3. The molecule has 2 heterocycles. The third-order valence-corrected chi connectivity index (χ3v) is 4.60. The fraction of sp³-hybridized carbons (Fsp3) is 0.278. The van der Waals surface area contributed by atoms with E-state index in [4.69, 9.17) is 10.00 Å². The number of aryl methyl sites for hydroxylation is 1. The number of allylic oxidation sites excluding steroid dienone is 1. The minimum absolute atomic E-state index is 0.0733. The van der Waals surface area contributed by atoms with Crippen LogP contribution in [0.3, 0.4) is 0 Å². The average Bonchev–Trinajstić information content (AvgIpc) is 3.23. The minimum atomic E-state index is -3.41. The maximum Gasteiger partial charge on any atom is 0.336 e. The van der Waals surface area contributed by atoms with Crippen LogP contribution in [0.15, 0.2) is 43.4 Å². The van der Waals surface area contributed by atoms with E-state index in [1.807, 2.05) is 6.07 Å². The lowest BCUT2D eigenvalue weighted by Crippen LogP contribution is -2.42. The number of hydrogen-bond acceptors (Lipinski definition) is 4. The Morgan fingerprint density at radius 1 is 1.56 bits per heavy atom. The van der Waals surface area contributed by atoms with Crippen LogP contribution in [0.25, 0.3) is 0 Å². The molecule has 0 fully saturated rings. The summed E-state index contributed by atoms with van der Waals surface area (Å²) in [4.78, 5) is 16.7. The van der Waals surface area contributed by atoms with Gasteiger partial charge in [0.2, 0.25) is 0 Å². The van der Waals surface area contributed by atoms with Gasteiger partial charge in [-0.15, -0.1) is 0 Å². The predicted octanol–water partition coefficient (Wildman–Crippen LogP) is 2.90. The van der Waals surface area contributed by atoms with E-state index >= 15 is 0 Å². The third-order valence-electron chi connectivity index (χ3n) is 4.60. The Labute approximate surface area is 143 Å². The molecule has 2 aromatic rings. The molecule has 0 spiro atoms. The van der Waals surface area contributed by atoms with Crippen molar-refractivity contribution in [2.45, 2.75) is 24.3 Å². The molecule has 7 heteroatoms. The van der Waals surface area contributed by atoms with Crippen molar-refractivity contribution in [1.29, 1.82) is 5.26 Å². The van der Waals surface area contributed by atoms with E-state index in [1.165, 1.54) is 25.6 Å². The normalized spacial score (nSPS) is 19.1. The van der Waals surface area contributed by atoms with E-state index in [0.717, 1.165) is 11.8 Å². The number of alkyl halides is 2. The fourth-order valence-electron chi connectivity index (χ4n) is 3.38. The average molecular weight is 343 g/mol. The first-order valence-electron chi connectivity index (χ1n) is 7.57. The fourth-order valence-corrected chi connectivity index (χ4v) is 3.38. The summed E-state index contributed by atoms with van der Waals surface area (Å²) in [6.07, 6.45) is 4.30. The van der Waals surface area contributed by atoms with E-state index in [0.29, 0.717) is 12.5 Å². The van der Waals surface area contributed by atoms with Gasteiger partial charge in [-0.1, -0.05) is 12.6 Å². The van der Waals surface area contributed by atoms with Crippen molar-refractivity contribution in [3.8, 4) is 6.07 Å². The number of imidazole rings is 1. The molecular formula is C18H15F2N3O2. The number of benzene rings is 1. The Morgan fingerprint density at radius 2 is 2.32 bits per heavy atom. The topological polar surface area (TPSA) is 67.9 Å². The Kier molecular flexibility index (Phi) is 3.91. The number of nitrogens with zero attached hydrogens (tertiary/aromatic N) is 3. The van der Waals surface area contributed by atoms with Gasteiger partial charge in [-0.05, 0) is 36.6 Å². The number of carbonyl (C=O) groups excluding carboxylic acids is 1. The van der Waals surface area contributed by atoms with Gasteiger partial charge in [0.05, 0.1) is 25.1 Å². The van der Waals surface area contributed by atoms with Crippen LogP contribution in [0, 0.1) is 11.3 Å². The van der Waals surface area contributed by atoms with Crippen LogP contribution in [0.4, 0.5) is 8.78 Å². The smallest absolute Gasteiger partial charge is 0.336 e. The van der Waals surface area contributed by atoms with Crippen LogP contribution in [-0.2, 0) is 27.4 Å². The lowest BCUT2D eigenvalue weighted by atomic mass is 9.82. The number of aromatic nitrogens is 2. The molecule has 3 rings (SSSR count). The van der Waals surface area contributed by atoms with Gasteiger partial charge in [-0.3, -0.25) is 0 Å². The van der Waals surface area contributed by atoms with Crippen LogP contribution in [0.2, 0.25) is 0 Å². The molecule has 128 valence electrons. The number of methoxy groups -OCH3 is 1. The van der Waals surface area contributed by atoms with Crippen LogP contribution < -0.4 is 0 Å². The quantitative estimate of drug-likeness (QED) is 0.632. The summed E-state index contributed by atoms with van der Waals surface area (Å²) in [6, 6.07) is 5.74. The maximum atomic E-state index is 14.6. The van der Waals surface area contributed by atoms with E-state index in [-0.39, 0.29) is 17.5 Å². The predicted molar refractivity (Wildman–Crippen MR) is 84.9 cm³/mol. The molecule has 0 saturated carbocycles. The lowest BCUT2D eigenvalue weighted by molar-refractivity contribution is -0.148. The molecule has 1 atom stereocenters. The minimum Gasteiger partial charge on any atom is -0.467 e. The Bertz CT molecular complexity index is 898. The van der Waals surface area contributed by atoms with Gasteiger partial charge in [-0.2, -0.15) is 14.0 Å². The van der Waals surface area contributed by atoms with Crippen molar-refractivity contribution in [3.63, 3.8) is 0 Å². The molecule has 1 aliphatic rings. The standard InChI is InChI=1S/C18H15F2N3O2/c1-3-18(19,20)15-8-12(9-21)4-5-14(15)17(16(24)25-2)7-6-13-10-22-11-23(13)17/h3-5,8,10-11H,1,6-7H2,2H3. The number of halogens is 2. The third kappa shape index (κ3) is 2.33. The molecule has 1 aromatic carbocycles. The van der Waals surface area contributed by atoms with Gasteiger partial charge in [0.15, 0.2) is 5.54 Å². The molecular weight excluding hydrogens is 328 g/mol. The molecule has 1 aromatic heterocycles. The highest BCUT2D eigenvalue weighted by molar-refractivity contribution is 5.84. The van der Waals surface area contributed by atoms with Gasteiger partial charge in [0.25, 0.3) is 5.92 Å². The monoisotopic (exact) mass is 343 g/mol. The first-order valence-corrected chi connectivity index (χ1v) is 7.57. The van der Waals surface area contributed by atoms with Crippen LogP contribution in [0.5, 0.6) is 0 Å². The summed E-state index contributed by atoms with van der Waals surface area (Å²) in [5, 5.41) is 9.07. The number of hydrogen-bond donors (Lipinski definition) is 0. The molecule has 0 N–H and O–H groups in total. The van der Waals surface area contributed by atoms with Crippen molar-refractivity contribution < 1.29 is 18.3 Å². The van der Waals surface area contributed by atoms with Gasteiger partial charge in [0, 0.05) is 17.5 Å². The van der Waals surface area contributed by atoms with Crippen LogP contribution in [-0.4, -0.2) is 22.6 Å². The second-order valence-corrected chi connectivity index (χ2v) is 5.81.